The molecule has 0 aromatic heterocycles. The molecule has 2 aliphatic heterocycles. The summed E-state index contributed by atoms with van der Waals surface area (Å²) in [7, 11) is 0. The van der Waals surface area contributed by atoms with Crippen LogP contribution in [0.5, 0.6) is 0 Å². The predicted molar refractivity (Wildman–Crippen MR) is 72.2 cm³/mol. The Labute approximate surface area is 106 Å². The van der Waals surface area contributed by atoms with E-state index in [1.165, 1.54) is 71.0 Å². The molecule has 0 bridgehead atoms. The molecule has 1 aliphatic carbocycles. The van der Waals surface area contributed by atoms with Gasteiger partial charge >= 0.3 is 0 Å². The molecule has 0 aromatic carbocycles. The van der Waals surface area contributed by atoms with E-state index in [1.807, 2.05) is 0 Å². The molecular formula is C15H28N2. The van der Waals surface area contributed by atoms with Crippen molar-refractivity contribution in [2.75, 3.05) is 19.6 Å². The van der Waals surface area contributed by atoms with Gasteiger partial charge in [-0.25, -0.2) is 0 Å². The molecule has 3 fully saturated rings. The number of hydrogen-bond acceptors (Lipinski definition) is 2. The van der Waals surface area contributed by atoms with Gasteiger partial charge in [-0.3, -0.25) is 4.90 Å². The van der Waals surface area contributed by atoms with Crippen molar-refractivity contribution in [3.8, 4) is 0 Å². The largest absolute Gasteiger partial charge is 0.311 e. The van der Waals surface area contributed by atoms with Gasteiger partial charge in [-0.15, -0.1) is 0 Å². The first-order valence-corrected chi connectivity index (χ1v) is 7.80. The molecule has 98 valence electrons. The third kappa shape index (κ3) is 2.39. The van der Waals surface area contributed by atoms with Gasteiger partial charge in [0.1, 0.15) is 0 Å². The molecular weight excluding hydrogens is 208 g/mol. The van der Waals surface area contributed by atoms with Crippen LogP contribution < -0.4 is 5.32 Å². The minimum Gasteiger partial charge on any atom is -0.311 e. The van der Waals surface area contributed by atoms with Crippen LogP contribution in [0.15, 0.2) is 0 Å². The van der Waals surface area contributed by atoms with Crippen molar-refractivity contribution in [2.45, 2.75) is 69.9 Å². The van der Waals surface area contributed by atoms with E-state index in [0.29, 0.717) is 5.54 Å². The second kappa shape index (κ2) is 4.89. The fraction of sp³-hybridized carbons (Fsp3) is 1.00. The molecule has 2 nitrogen and oxygen atoms in total. The quantitative estimate of drug-likeness (QED) is 0.793. The number of hydrogen-bond donors (Lipinski definition) is 1. The summed E-state index contributed by atoms with van der Waals surface area (Å²) in [5, 5.41) is 3.87. The van der Waals surface area contributed by atoms with E-state index in [9.17, 15) is 0 Å². The van der Waals surface area contributed by atoms with Crippen LogP contribution in [0, 0.1) is 5.92 Å². The molecule has 1 saturated carbocycles. The van der Waals surface area contributed by atoms with Crippen molar-refractivity contribution < 1.29 is 0 Å². The van der Waals surface area contributed by atoms with Gasteiger partial charge in [-0.1, -0.05) is 32.6 Å². The normalized spacial score (nSPS) is 34.8. The Morgan fingerprint density at radius 3 is 2.65 bits per heavy atom. The number of nitrogens with zero attached hydrogens (tertiary/aromatic N) is 1. The summed E-state index contributed by atoms with van der Waals surface area (Å²) in [5.74, 6) is 1.01. The van der Waals surface area contributed by atoms with Crippen LogP contribution in [0.25, 0.3) is 0 Å². The highest BCUT2D eigenvalue weighted by Crippen LogP contribution is 2.37. The Morgan fingerprint density at radius 1 is 1.18 bits per heavy atom. The zero-order valence-corrected chi connectivity index (χ0v) is 11.4. The van der Waals surface area contributed by atoms with Gasteiger partial charge in [-0.05, 0) is 38.1 Å². The number of likely N-dealkylation sites (tertiary alicyclic amines) is 1. The molecule has 0 aromatic rings. The second-order valence-electron chi connectivity index (χ2n) is 6.64. The van der Waals surface area contributed by atoms with Crippen LogP contribution in [0.1, 0.15) is 58.3 Å². The van der Waals surface area contributed by atoms with Gasteiger partial charge in [0.15, 0.2) is 0 Å². The first-order valence-electron chi connectivity index (χ1n) is 7.80. The number of nitrogens with one attached hydrogen (secondary N) is 1. The first-order chi connectivity index (χ1) is 8.31. The SMILES string of the molecule is CCC1CN(C2CCNC3(CCCCC3)C2)C1. The Balaban J connectivity index is 1.56. The Morgan fingerprint density at radius 2 is 1.94 bits per heavy atom. The van der Waals surface area contributed by atoms with Crippen LogP contribution in [0.3, 0.4) is 0 Å². The van der Waals surface area contributed by atoms with Crippen molar-refractivity contribution in [1.29, 1.82) is 0 Å². The monoisotopic (exact) mass is 236 g/mol. The number of piperidine rings is 1. The molecule has 17 heavy (non-hydrogen) atoms. The molecule has 2 heteroatoms. The summed E-state index contributed by atoms with van der Waals surface area (Å²) in [6.45, 7) is 6.37. The zero-order valence-electron chi connectivity index (χ0n) is 11.4. The van der Waals surface area contributed by atoms with Gasteiger partial charge in [0.2, 0.25) is 0 Å². The lowest BCUT2D eigenvalue weighted by Crippen LogP contribution is -2.61. The molecule has 1 atom stereocenters. The van der Waals surface area contributed by atoms with Crippen LogP contribution in [-0.4, -0.2) is 36.1 Å². The lowest BCUT2D eigenvalue weighted by atomic mass is 9.74. The fourth-order valence-electron chi connectivity index (χ4n) is 4.22. The van der Waals surface area contributed by atoms with Crippen molar-refractivity contribution in [2.24, 2.45) is 5.92 Å². The zero-order chi connectivity index (χ0) is 11.7. The molecule has 3 aliphatic rings. The smallest absolute Gasteiger partial charge is 0.0196 e. The average molecular weight is 236 g/mol. The van der Waals surface area contributed by atoms with Crippen molar-refractivity contribution in [3.05, 3.63) is 0 Å². The van der Waals surface area contributed by atoms with E-state index in [4.69, 9.17) is 0 Å². The molecule has 1 N–H and O–H groups in total. The highest BCUT2D eigenvalue weighted by atomic mass is 15.2. The van der Waals surface area contributed by atoms with Crippen LogP contribution in [-0.2, 0) is 0 Å². The maximum Gasteiger partial charge on any atom is 0.0196 e. The molecule has 0 radical (unpaired) electrons. The van der Waals surface area contributed by atoms with Crippen molar-refractivity contribution in [1.82, 2.24) is 10.2 Å². The van der Waals surface area contributed by atoms with E-state index in [1.54, 1.807) is 0 Å². The Hall–Kier alpha value is -0.0800. The highest BCUT2D eigenvalue weighted by Gasteiger charge is 2.41. The summed E-state index contributed by atoms with van der Waals surface area (Å²) in [4.78, 5) is 2.77. The van der Waals surface area contributed by atoms with E-state index in [2.05, 4.69) is 17.1 Å². The van der Waals surface area contributed by atoms with Crippen molar-refractivity contribution >= 4 is 0 Å². The second-order valence-corrected chi connectivity index (χ2v) is 6.64. The van der Waals surface area contributed by atoms with Crippen molar-refractivity contribution in [3.63, 3.8) is 0 Å². The van der Waals surface area contributed by atoms with Crippen LogP contribution in [0.2, 0.25) is 0 Å². The van der Waals surface area contributed by atoms with Gasteiger partial charge in [0, 0.05) is 24.7 Å². The van der Waals surface area contributed by atoms with E-state index in [-0.39, 0.29) is 0 Å². The minimum absolute atomic E-state index is 0.540. The van der Waals surface area contributed by atoms with E-state index in [0.717, 1.165) is 12.0 Å². The summed E-state index contributed by atoms with van der Waals surface area (Å²) < 4.78 is 0. The summed E-state index contributed by atoms with van der Waals surface area (Å²) in [5.41, 5.74) is 0.540. The summed E-state index contributed by atoms with van der Waals surface area (Å²) >= 11 is 0. The summed E-state index contributed by atoms with van der Waals surface area (Å²) in [6, 6.07) is 0.900. The lowest BCUT2D eigenvalue weighted by molar-refractivity contribution is 0.00674. The van der Waals surface area contributed by atoms with Gasteiger partial charge in [0.25, 0.3) is 0 Å². The van der Waals surface area contributed by atoms with Gasteiger partial charge < -0.3 is 5.32 Å². The van der Waals surface area contributed by atoms with E-state index >= 15 is 0 Å². The fourth-order valence-corrected chi connectivity index (χ4v) is 4.22. The third-order valence-corrected chi connectivity index (χ3v) is 5.49. The Kier molecular flexibility index (Phi) is 3.45. The third-order valence-electron chi connectivity index (χ3n) is 5.49. The minimum atomic E-state index is 0.540. The van der Waals surface area contributed by atoms with Gasteiger partial charge in [0.05, 0.1) is 0 Å². The Bertz CT molecular complexity index is 246. The van der Waals surface area contributed by atoms with Gasteiger partial charge in [-0.2, -0.15) is 0 Å². The summed E-state index contributed by atoms with van der Waals surface area (Å²) in [6.07, 6.45) is 11.5. The van der Waals surface area contributed by atoms with Crippen LogP contribution >= 0.6 is 0 Å². The molecule has 2 saturated heterocycles. The maximum atomic E-state index is 3.87. The topological polar surface area (TPSA) is 15.3 Å². The molecule has 0 amide bonds. The average Bonchev–Trinajstić information content (AvgIpc) is 2.29. The molecule has 1 spiro atoms. The highest BCUT2D eigenvalue weighted by molar-refractivity contribution is 5.00. The molecule has 2 heterocycles. The van der Waals surface area contributed by atoms with E-state index < -0.39 is 0 Å². The predicted octanol–water partition coefficient (Wildman–Crippen LogP) is 2.78. The number of rotatable bonds is 2. The molecule has 1 unspecified atom stereocenters. The maximum absolute atomic E-state index is 3.87. The standard InChI is InChI=1S/C15H28N2/c1-2-13-11-17(12-13)14-6-9-16-15(10-14)7-4-3-5-8-15/h13-14,16H,2-12H2,1H3. The van der Waals surface area contributed by atoms with Crippen LogP contribution in [0.4, 0.5) is 0 Å². The first kappa shape index (κ1) is 12.0. The lowest BCUT2D eigenvalue weighted by Gasteiger charge is -2.52. The molecule has 3 rings (SSSR count).